The summed E-state index contributed by atoms with van der Waals surface area (Å²) in [6.45, 7) is 6.39. The second kappa shape index (κ2) is 5.52. The summed E-state index contributed by atoms with van der Waals surface area (Å²) in [6.07, 6.45) is 0. The van der Waals surface area contributed by atoms with Crippen molar-refractivity contribution in [2.24, 2.45) is 0 Å². The van der Waals surface area contributed by atoms with Crippen molar-refractivity contribution in [3.8, 4) is 22.5 Å². The van der Waals surface area contributed by atoms with Crippen molar-refractivity contribution >= 4 is 0 Å². The summed E-state index contributed by atoms with van der Waals surface area (Å²) >= 11 is 0. The SMILES string of the molecule is Cc1ccccc1-c1c(-c2ccccc2)nnn1C(C)C. The molecule has 3 heteroatoms. The lowest BCUT2D eigenvalue weighted by molar-refractivity contribution is 0.519. The molecule has 0 N–H and O–H groups in total. The van der Waals surface area contributed by atoms with Crippen molar-refractivity contribution in [1.29, 1.82) is 0 Å². The fraction of sp³-hybridized carbons (Fsp3) is 0.222. The number of nitrogens with zero attached hydrogens (tertiary/aromatic N) is 3. The molecule has 3 rings (SSSR count). The number of aromatic nitrogens is 3. The maximum atomic E-state index is 4.44. The Labute approximate surface area is 125 Å². The van der Waals surface area contributed by atoms with Crippen LogP contribution in [0, 0.1) is 6.92 Å². The fourth-order valence-corrected chi connectivity index (χ4v) is 2.54. The Bertz CT molecular complexity index is 742. The minimum atomic E-state index is 0.268. The van der Waals surface area contributed by atoms with Gasteiger partial charge >= 0.3 is 0 Å². The highest BCUT2D eigenvalue weighted by Crippen LogP contribution is 2.33. The number of rotatable bonds is 3. The smallest absolute Gasteiger partial charge is 0.121 e. The van der Waals surface area contributed by atoms with Gasteiger partial charge in [-0.25, -0.2) is 4.68 Å². The first kappa shape index (κ1) is 13.6. The van der Waals surface area contributed by atoms with Crippen molar-refractivity contribution in [3.63, 3.8) is 0 Å². The van der Waals surface area contributed by atoms with E-state index in [0.29, 0.717) is 0 Å². The predicted molar refractivity (Wildman–Crippen MR) is 86.0 cm³/mol. The van der Waals surface area contributed by atoms with Crippen LogP contribution in [0.25, 0.3) is 22.5 Å². The second-order valence-electron chi connectivity index (χ2n) is 5.51. The molecule has 1 aromatic heterocycles. The summed E-state index contributed by atoms with van der Waals surface area (Å²) < 4.78 is 2.00. The van der Waals surface area contributed by atoms with E-state index in [1.807, 2.05) is 22.9 Å². The molecule has 106 valence electrons. The number of hydrogen-bond acceptors (Lipinski definition) is 2. The highest BCUT2D eigenvalue weighted by atomic mass is 15.4. The van der Waals surface area contributed by atoms with E-state index in [4.69, 9.17) is 0 Å². The Morgan fingerprint density at radius 1 is 0.905 bits per heavy atom. The Morgan fingerprint density at radius 2 is 1.57 bits per heavy atom. The van der Waals surface area contributed by atoms with Crippen molar-refractivity contribution < 1.29 is 0 Å². The van der Waals surface area contributed by atoms with Gasteiger partial charge < -0.3 is 0 Å². The third-order valence-electron chi connectivity index (χ3n) is 3.63. The topological polar surface area (TPSA) is 30.7 Å². The summed E-state index contributed by atoms with van der Waals surface area (Å²) in [4.78, 5) is 0. The molecule has 0 spiro atoms. The molecule has 2 aromatic carbocycles. The molecule has 0 unspecified atom stereocenters. The lowest BCUT2D eigenvalue weighted by atomic mass is 10.0. The van der Waals surface area contributed by atoms with Gasteiger partial charge in [-0.2, -0.15) is 0 Å². The molecule has 21 heavy (non-hydrogen) atoms. The standard InChI is InChI=1S/C18H19N3/c1-13(2)21-18(16-12-8-7-9-14(16)3)17(19-20-21)15-10-5-4-6-11-15/h4-13H,1-3H3. The van der Waals surface area contributed by atoms with E-state index in [-0.39, 0.29) is 6.04 Å². The molecule has 0 aliphatic heterocycles. The van der Waals surface area contributed by atoms with E-state index < -0.39 is 0 Å². The largest absolute Gasteiger partial charge is 0.242 e. The first-order valence-corrected chi connectivity index (χ1v) is 7.25. The van der Waals surface area contributed by atoms with Gasteiger partial charge in [0.05, 0.1) is 5.69 Å². The molecule has 0 bridgehead atoms. The van der Waals surface area contributed by atoms with Crippen molar-refractivity contribution in [2.75, 3.05) is 0 Å². The van der Waals surface area contributed by atoms with Crippen molar-refractivity contribution in [1.82, 2.24) is 15.0 Å². The van der Waals surface area contributed by atoms with Crippen LogP contribution in [0.15, 0.2) is 54.6 Å². The van der Waals surface area contributed by atoms with Crippen LogP contribution >= 0.6 is 0 Å². The van der Waals surface area contributed by atoms with Crippen molar-refractivity contribution in [2.45, 2.75) is 26.8 Å². The highest BCUT2D eigenvalue weighted by molar-refractivity contribution is 5.79. The maximum absolute atomic E-state index is 4.44. The summed E-state index contributed by atoms with van der Waals surface area (Å²) in [5.41, 5.74) is 5.56. The minimum Gasteiger partial charge on any atom is -0.242 e. The Balaban J connectivity index is 2.27. The van der Waals surface area contributed by atoms with Crippen LogP contribution in [0.1, 0.15) is 25.5 Å². The van der Waals surface area contributed by atoms with E-state index in [1.54, 1.807) is 0 Å². The maximum Gasteiger partial charge on any atom is 0.121 e. The van der Waals surface area contributed by atoms with Crippen LogP contribution in [0.3, 0.4) is 0 Å². The monoisotopic (exact) mass is 277 g/mol. The van der Waals surface area contributed by atoms with Crippen LogP contribution in [0.5, 0.6) is 0 Å². The van der Waals surface area contributed by atoms with Gasteiger partial charge in [0.2, 0.25) is 0 Å². The summed E-state index contributed by atoms with van der Waals surface area (Å²) in [6, 6.07) is 18.9. The zero-order chi connectivity index (χ0) is 14.8. The van der Waals surface area contributed by atoms with Gasteiger partial charge in [0.25, 0.3) is 0 Å². The van der Waals surface area contributed by atoms with Gasteiger partial charge in [-0.05, 0) is 26.3 Å². The minimum absolute atomic E-state index is 0.268. The van der Waals surface area contributed by atoms with Gasteiger partial charge in [0, 0.05) is 17.2 Å². The van der Waals surface area contributed by atoms with E-state index in [9.17, 15) is 0 Å². The van der Waals surface area contributed by atoms with Crippen molar-refractivity contribution in [3.05, 3.63) is 60.2 Å². The van der Waals surface area contributed by atoms with Gasteiger partial charge in [-0.1, -0.05) is 59.8 Å². The molecule has 0 fully saturated rings. The summed E-state index contributed by atoms with van der Waals surface area (Å²) in [5, 5.41) is 8.81. The molecule has 0 amide bonds. The Hall–Kier alpha value is -2.42. The zero-order valence-corrected chi connectivity index (χ0v) is 12.6. The quantitative estimate of drug-likeness (QED) is 0.705. The molecule has 0 saturated carbocycles. The van der Waals surface area contributed by atoms with E-state index in [1.165, 1.54) is 11.1 Å². The summed E-state index contributed by atoms with van der Waals surface area (Å²) in [5.74, 6) is 0. The van der Waals surface area contributed by atoms with Gasteiger partial charge in [-0.15, -0.1) is 5.10 Å². The average molecular weight is 277 g/mol. The lowest BCUT2D eigenvalue weighted by Crippen LogP contribution is -2.05. The molecular weight excluding hydrogens is 258 g/mol. The Kier molecular flexibility index (Phi) is 3.57. The van der Waals surface area contributed by atoms with E-state index in [2.05, 4.69) is 67.5 Å². The molecular formula is C18H19N3. The lowest BCUT2D eigenvalue weighted by Gasteiger charge is -2.13. The summed E-state index contributed by atoms with van der Waals surface area (Å²) in [7, 11) is 0. The fourth-order valence-electron chi connectivity index (χ4n) is 2.54. The first-order valence-electron chi connectivity index (χ1n) is 7.25. The Morgan fingerprint density at radius 3 is 2.24 bits per heavy atom. The molecule has 0 atom stereocenters. The molecule has 0 aliphatic carbocycles. The highest BCUT2D eigenvalue weighted by Gasteiger charge is 2.19. The molecule has 1 heterocycles. The molecule has 3 nitrogen and oxygen atoms in total. The molecule has 0 radical (unpaired) electrons. The number of aryl methyl sites for hydroxylation is 1. The van der Waals surface area contributed by atoms with Crippen LogP contribution in [0.2, 0.25) is 0 Å². The van der Waals surface area contributed by atoms with E-state index >= 15 is 0 Å². The third kappa shape index (κ3) is 2.47. The van der Waals surface area contributed by atoms with Crippen LogP contribution in [0.4, 0.5) is 0 Å². The third-order valence-corrected chi connectivity index (χ3v) is 3.63. The number of benzene rings is 2. The van der Waals surface area contributed by atoms with Gasteiger partial charge in [0.1, 0.15) is 5.69 Å². The van der Waals surface area contributed by atoms with Gasteiger partial charge in [0.15, 0.2) is 0 Å². The van der Waals surface area contributed by atoms with Crippen LogP contribution < -0.4 is 0 Å². The molecule has 3 aromatic rings. The van der Waals surface area contributed by atoms with Crippen LogP contribution in [-0.4, -0.2) is 15.0 Å². The zero-order valence-electron chi connectivity index (χ0n) is 12.6. The number of hydrogen-bond donors (Lipinski definition) is 0. The van der Waals surface area contributed by atoms with E-state index in [0.717, 1.165) is 17.0 Å². The average Bonchev–Trinajstić information content (AvgIpc) is 2.93. The van der Waals surface area contributed by atoms with Crippen LogP contribution in [-0.2, 0) is 0 Å². The predicted octanol–water partition coefficient (Wildman–Crippen LogP) is 4.50. The molecule has 0 aliphatic rings. The normalized spacial score (nSPS) is 11.0. The second-order valence-corrected chi connectivity index (χ2v) is 5.51. The van der Waals surface area contributed by atoms with Gasteiger partial charge in [-0.3, -0.25) is 0 Å². The molecule has 0 saturated heterocycles. The first-order chi connectivity index (χ1) is 10.2.